The third-order valence-electron chi connectivity index (χ3n) is 4.24. The first-order chi connectivity index (χ1) is 12.5. The third kappa shape index (κ3) is 6.24. The zero-order valence-corrected chi connectivity index (χ0v) is 15.5. The first-order valence-corrected chi connectivity index (χ1v) is 8.97. The molecule has 0 aromatic heterocycles. The smallest absolute Gasteiger partial charge is 0.224 e. The molecule has 2 rings (SSSR count). The summed E-state index contributed by atoms with van der Waals surface area (Å²) >= 11 is 0. The van der Waals surface area contributed by atoms with E-state index < -0.39 is 0 Å². The largest absolute Gasteiger partial charge is 0.397 e. The van der Waals surface area contributed by atoms with E-state index in [1.165, 1.54) is 0 Å². The Morgan fingerprint density at radius 2 is 1.46 bits per heavy atom. The lowest BCUT2D eigenvalue weighted by atomic mass is 10.1. The molecule has 0 saturated heterocycles. The lowest BCUT2D eigenvalue weighted by Gasteiger charge is -2.10. The van der Waals surface area contributed by atoms with Gasteiger partial charge in [0.05, 0.1) is 11.4 Å². The van der Waals surface area contributed by atoms with Gasteiger partial charge in [-0.05, 0) is 50.5 Å². The average molecular weight is 353 g/mol. The van der Waals surface area contributed by atoms with Gasteiger partial charge in [0.1, 0.15) is 0 Å². The molecule has 0 bridgehead atoms. The predicted molar refractivity (Wildman–Crippen MR) is 107 cm³/mol. The molecule has 5 nitrogen and oxygen atoms in total. The quantitative estimate of drug-likeness (QED) is 0.485. The summed E-state index contributed by atoms with van der Waals surface area (Å²) in [5.74, 6) is -0.0442. The van der Waals surface area contributed by atoms with Crippen molar-refractivity contribution in [2.75, 3.05) is 16.4 Å². The van der Waals surface area contributed by atoms with Gasteiger partial charge in [0.2, 0.25) is 11.8 Å². The number of nitrogens with one attached hydrogen (secondary N) is 2. The first-order valence-electron chi connectivity index (χ1n) is 8.97. The minimum absolute atomic E-state index is 0.00541. The molecule has 26 heavy (non-hydrogen) atoms. The van der Waals surface area contributed by atoms with Gasteiger partial charge in [0.25, 0.3) is 0 Å². The van der Waals surface area contributed by atoms with E-state index in [0.717, 1.165) is 36.1 Å². The van der Waals surface area contributed by atoms with Crippen LogP contribution in [0.2, 0.25) is 0 Å². The Morgan fingerprint density at radius 3 is 2.12 bits per heavy atom. The molecule has 2 amide bonds. The van der Waals surface area contributed by atoms with Crippen molar-refractivity contribution < 1.29 is 9.59 Å². The van der Waals surface area contributed by atoms with Gasteiger partial charge in [-0.1, -0.05) is 36.2 Å². The Kier molecular flexibility index (Phi) is 7.21. The van der Waals surface area contributed by atoms with Crippen LogP contribution in [0.3, 0.4) is 0 Å². The molecular weight excluding hydrogens is 326 g/mol. The van der Waals surface area contributed by atoms with Crippen molar-refractivity contribution in [1.29, 1.82) is 0 Å². The summed E-state index contributed by atoms with van der Waals surface area (Å²) in [4.78, 5) is 23.9. The molecule has 0 fully saturated rings. The van der Waals surface area contributed by atoms with Crippen LogP contribution in [0.15, 0.2) is 42.5 Å². The topological polar surface area (TPSA) is 84.2 Å². The number of para-hydroxylation sites is 1. The number of unbranched alkanes of at least 4 members (excludes halogenated alkanes) is 2. The molecule has 0 aliphatic heterocycles. The summed E-state index contributed by atoms with van der Waals surface area (Å²) in [5.41, 5.74) is 10.1. The fourth-order valence-corrected chi connectivity index (χ4v) is 2.61. The molecule has 0 aliphatic carbocycles. The van der Waals surface area contributed by atoms with Gasteiger partial charge < -0.3 is 16.4 Å². The van der Waals surface area contributed by atoms with E-state index in [1.54, 1.807) is 6.07 Å². The van der Waals surface area contributed by atoms with Gasteiger partial charge in [-0.2, -0.15) is 0 Å². The highest BCUT2D eigenvalue weighted by atomic mass is 16.2. The van der Waals surface area contributed by atoms with Gasteiger partial charge in [-0.15, -0.1) is 0 Å². The van der Waals surface area contributed by atoms with Crippen LogP contribution >= 0.6 is 0 Å². The summed E-state index contributed by atoms with van der Waals surface area (Å²) < 4.78 is 0. The molecule has 0 saturated carbocycles. The second-order valence-electron chi connectivity index (χ2n) is 6.56. The second-order valence-corrected chi connectivity index (χ2v) is 6.56. The highest BCUT2D eigenvalue weighted by Crippen LogP contribution is 2.22. The zero-order valence-electron chi connectivity index (χ0n) is 15.5. The average Bonchev–Trinajstić information content (AvgIpc) is 2.61. The number of hydrogen-bond acceptors (Lipinski definition) is 3. The van der Waals surface area contributed by atoms with Crippen molar-refractivity contribution in [2.45, 2.75) is 46.0 Å². The fraction of sp³-hybridized carbons (Fsp3) is 0.333. The predicted octanol–water partition coefficient (Wildman–Crippen LogP) is 4.41. The first kappa shape index (κ1) is 19.5. The molecule has 0 heterocycles. The molecule has 2 aromatic rings. The monoisotopic (exact) mass is 353 g/mol. The number of anilines is 3. The van der Waals surface area contributed by atoms with Crippen molar-refractivity contribution in [1.82, 2.24) is 0 Å². The van der Waals surface area contributed by atoms with Crippen LogP contribution in [0.4, 0.5) is 17.1 Å². The summed E-state index contributed by atoms with van der Waals surface area (Å²) in [6, 6.07) is 13.3. The van der Waals surface area contributed by atoms with Crippen LogP contribution in [-0.4, -0.2) is 11.8 Å². The van der Waals surface area contributed by atoms with Gasteiger partial charge in [-0.3, -0.25) is 9.59 Å². The maximum absolute atomic E-state index is 12.0. The molecule has 0 atom stereocenters. The zero-order chi connectivity index (χ0) is 18.9. The maximum Gasteiger partial charge on any atom is 0.224 e. The fourth-order valence-electron chi connectivity index (χ4n) is 2.61. The maximum atomic E-state index is 12.0. The van der Waals surface area contributed by atoms with E-state index in [9.17, 15) is 9.59 Å². The number of aryl methyl sites for hydroxylation is 2. The Balaban J connectivity index is 1.62. The van der Waals surface area contributed by atoms with Crippen molar-refractivity contribution in [3.8, 4) is 0 Å². The summed E-state index contributed by atoms with van der Waals surface area (Å²) in [7, 11) is 0. The van der Waals surface area contributed by atoms with Crippen LogP contribution in [0.1, 0.15) is 43.2 Å². The summed E-state index contributed by atoms with van der Waals surface area (Å²) in [6.45, 7) is 3.92. The number of nitrogen functional groups attached to an aromatic ring is 1. The number of benzene rings is 2. The number of carbonyl (C=O) groups excluding carboxylic acids is 2. The van der Waals surface area contributed by atoms with E-state index in [4.69, 9.17) is 5.73 Å². The van der Waals surface area contributed by atoms with E-state index in [-0.39, 0.29) is 11.8 Å². The standard InChI is InChI=1S/C21H27N3O2/c1-15-11-13-17(14-12-15)23-19(25)9-4-3-5-10-20(26)24-18-8-6-7-16(2)21(18)22/h6-8,11-14H,3-5,9-10,22H2,1-2H3,(H,23,25)(H,24,26). The third-order valence-corrected chi connectivity index (χ3v) is 4.24. The Hall–Kier alpha value is -2.82. The van der Waals surface area contributed by atoms with E-state index >= 15 is 0 Å². The second kappa shape index (κ2) is 9.61. The van der Waals surface area contributed by atoms with Crippen LogP contribution < -0.4 is 16.4 Å². The minimum Gasteiger partial charge on any atom is -0.397 e. The van der Waals surface area contributed by atoms with Gasteiger partial charge in [0.15, 0.2) is 0 Å². The van der Waals surface area contributed by atoms with Gasteiger partial charge >= 0.3 is 0 Å². The SMILES string of the molecule is Cc1ccc(NC(=O)CCCCCC(=O)Nc2cccc(C)c2N)cc1. The highest BCUT2D eigenvalue weighted by Gasteiger charge is 2.07. The highest BCUT2D eigenvalue weighted by molar-refractivity contribution is 5.94. The lowest BCUT2D eigenvalue weighted by molar-refractivity contribution is -0.116. The van der Waals surface area contributed by atoms with Crippen LogP contribution in [0.25, 0.3) is 0 Å². The van der Waals surface area contributed by atoms with Crippen LogP contribution in [-0.2, 0) is 9.59 Å². The molecule has 5 heteroatoms. The molecule has 0 radical (unpaired) electrons. The number of rotatable bonds is 8. The number of amides is 2. The molecule has 138 valence electrons. The van der Waals surface area contributed by atoms with Crippen molar-refractivity contribution >= 4 is 28.9 Å². The Labute approximate surface area is 155 Å². The molecule has 4 N–H and O–H groups in total. The number of carbonyl (C=O) groups is 2. The van der Waals surface area contributed by atoms with E-state index in [2.05, 4.69) is 10.6 Å². The van der Waals surface area contributed by atoms with E-state index in [0.29, 0.717) is 24.2 Å². The molecular formula is C21H27N3O2. The van der Waals surface area contributed by atoms with Crippen molar-refractivity contribution in [2.24, 2.45) is 0 Å². The molecule has 0 unspecified atom stereocenters. The lowest BCUT2D eigenvalue weighted by Crippen LogP contribution is -2.13. The van der Waals surface area contributed by atoms with Crippen molar-refractivity contribution in [3.63, 3.8) is 0 Å². The molecule has 2 aromatic carbocycles. The van der Waals surface area contributed by atoms with Crippen LogP contribution in [0, 0.1) is 13.8 Å². The van der Waals surface area contributed by atoms with Crippen LogP contribution in [0.5, 0.6) is 0 Å². The molecule has 0 spiro atoms. The van der Waals surface area contributed by atoms with Gasteiger partial charge in [0, 0.05) is 18.5 Å². The Bertz CT molecular complexity index is 754. The number of nitrogens with two attached hydrogens (primary N) is 1. The minimum atomic E-state index is -0.0496. The summed E-state index contributed by atoms with van der Waals surface area (Å²) in [5, 5.41) is 5.73. The van der Waals surface area contributed by atoms with Crippen molar-refractivity contribution in [3.05, 3.63) is 53.6 Å². The molecule has 0 aliphatic rings. The Morgan fingerprint density at radius 1 is 0.846 bits per heavy atom. The number of hydrogen-bond donors (Lipinski definition) is 3. The summed E-state index contributed by atoms with van der Waals surface area (Å²) in [6.07, 6.45) is 3.22. The van der Waals surface area contributed by atoms with E-state index in [1.807, 2.05) is 50.2 Å². The normalized spacial score (nSPS) is 10.4. The van der Waals surface area contributed by atoms with Gasteiger partial charge in [-0.25, -0.2) is 0 Å².